The molecule has 17 heavy (non-hydrogen) atoms. The number of rotatable bonds is 6. The highest BCUT2D eigenvalue weighted by Crippen LogP contribution is 2.22. The third kappa shape index (κ3) is 3.92. The molecule has 0 bridgehead atoms. The summed E-state index contributed by atoms with van der Waals surface area (Å²) < 4.78 is 0. The number of aliphatic hydroxyl groups excluding tert-OH is 1. The second kappa shape index (κ2) is 6.91. The quantitative estimate of drug-likeness (QED) is 0.778. The van der Waals surface area contributed by atoms with Gasteiger partial charge in [0.05, 0.1) is 17.6 Å². The van der Waals surface area contributed by atoms with Gasteiger partial charge in [-0.25, -0.2) is 0 Å². The lowest BCUT2D eigenvalue weighted by Gasteiger charge is -2.29. The Bertz CT molecular complexity index is 369. The van der Waals surface area contributed by atoms with Gasteiger partial charge in [0.1, 0.15) is 0 Å². The second-order valence-corrected chi connectivity index (χ2v) is 4.62. The maximum Gasteiger partial charge on any atom is 0.0948 e. The molecule has 94 valence electrons. The molecule has 1 aromatic carbocycles. The fraction of sp³-hybridized carbons (Fsp3) is 0.417. The van der Waals surface area contributed by atoms with Crippen molar-refractivity contribution in [3.8, 4) is 0 Å². The van der Waals surface area contributed by atoms with Crippen molar-refractivity contribution in [2.45, 2.75) is 13.0 Å². The van der Waals surface area contributed by atoms with Crippen LogP contribution in [-0.2, 0) is 0 Å². The third-order valence-corrected chi connectivity index (χ3v) is 3.09. The Labute approximate surface area is 112 Å². The summed E-state index contributed by atoms with van der Waals surface area (Å²) in [4.78, 5) is 2.44. The van der Waals surface area contributed by atoms with E-state index >= 15 is 0 Å². The molecule has 0 aromatic heterocycles. The maximum absolute atomic E-state index is 9.04. The molecule has 1 atom stereocenters. The topological polar surface area (TPSA) is 49.5 Å². The number of likely N-dealkylation sites (N-methyl/N-ethyl adjacent to an activating group) is 1. The lowest BCUT2D eigenvalue weighted by atomic mass is 10.1. The van der Waals surface area contributed by atoms with Crippen LogP contribution in [0.5, 0.6) is 0 Å². The van der Waals surface area contributed by atoms with E-state index in [1.165, 1.54) is 0 Å². The Morgan fingerprint density at radius 1 is 1.47 bits per heavy atom. The fourth-order valence-electron chi connectivity index (χ4n) is 1.80. The minimum Gasteiger partial charge on any atom is -0.395 e. The van der Waals surface area contributed by atoms with Crippen molar-refractivity contribution in [2.24, 2.45) is 5.73 Å². The minimum absolute atomic E-state index is 0.0839. The monoisotopic (exact) mass is 272 g/mol. The highest BCUT2D eigenvalue weighted by atomic mass is 35.5. The lowest BCUT2D eigenvalue weighted by Crippen LogP contribution is -2.38. The van der Waals surface area contributed by atoms with Crippen LogP contribution < -0.4 is 5.73 Å². The van der Waals surface area contributed by atoms with Crippen LogP contribution in [0.15, 0.2) is 24.3 Å². The van der Waals surface area contributed by atoms with Gasteiger partial charge in [-0.3, -0.25) is 4.90 Å². The van der Waals surface area contributed by atoms with Crippen LogP contribution in [0, 0.1) is 0 Å². The van der Waals surface area contributed by atoms with Crippen LogP contribution >= 0.6 is 23.8 Å². The van der Waals surface area contributed by atoms with Gasteiger partial charge < -0.3 is 10.8 Å². The molecule has 5 heteroatoms. The molecule has 0 aliphatic carbocycles. The van der Waals surface area contributed by atoms with Crippen LogP contribution in [0.25, 0.3) is 0 Å². The largest absolute Gasteiger partial charge is 0.395 e. The van der Waals surface area contributed by atoms with Crippen LogP contribution in [-0.4, -0.2) is 34.7 Å². The van der Waals surface area contributed by atoms with Gasteiger partial charge in [-0.05, 0) is 24.2 Å². The summed E-state index contributed by atoms with van der Waals surface area (Å²) in [5, 5.41) is 9.72. The molecule has 0 fully saturated rings. The molecule has 1 rings (SSSR count). The van der Waals surface area contributed by atoms with Crippen molar-refractivity contribution in [3.05, 3.63) is 34.9 Å². The Kier molecular flexibility index (Phi) is 5.85. The summed E-state index contributed by atoms with van der Waals surface area (Å²) in [6.45, 7) is 3.41. The fourth-order valence-corrected chi connectivity index (χ4v) is 2.21. The lowest BCUT2D eigenvalue weighted by molar-refractivity contribution is 0.185. The first kappa shape index (κ1) is 14.4. The van der Waals surface area contributed by atoms with E-state index in [0.29, 0.717) is 16.6 Å². The van der Waals surface area contributed by atoms with E-state index in [2.05, 4.69) is 0 Å². The van der Waals surface area contributed by atoms with E-state index in [-0.39, 0.29) is 12.6 Å². The van der Waals surface area contributed by atoms with Gasteiger partial charge in [0, 0.05) is 11.6 Å². The van der Waals surface area contributed by atoms with E-state index in [1.807, 2.05) is 36.1 Å². The Morgan fingerprint density at radius 2 is 2.06 bits per heavy atom. The summed E-state index contributed by atoms with van der Waals surface area (Å²) in [5.41, 5.74) is 6.79. The van der Waals surface area contributed by atoms with Crippen molar-refractivity contribution in [1.82, 2.24) is 4.90 Å². The number of nitrogens with zero attached hydrogens (tertiary/aromatic N) is 1. The molecule has 1 unspecified atom stereocenters. The number of hydrogen-bond acceptors (Lipinski definition) is 3. The molecule has 0 radical (unpaired) electrons. The summed E-state index contributed by atoms with van der Waals surface area (Å²) >= 11 is 11.0. The predicted octanol–water partition coefficient (Wildman–Crippen LogP) is 1.98. The van der Waals surface area contributed by atoms with Gasteiger partial charge in [0.2, 0.25) is 0 Å². The number of thiocarbonyl (C=S) groups is 1. The van der Waals surface area contributed by atoms with Gasteiger partial charge in [0.25, 0.3) is 0 Å². The van der Waals surface area contributed by atoms with Gasteiger partial charge >= 0.3 is 0 Å². The van der Waals surface area contributed by atoms with Crippen molar-refractivity contribution >= 4 is 28.8 Å². The van der Waals surface area contributed by atoms with Gasteiger partial charge in [-0.1, -0.05) is 42.9 Å². The minimum atomic E-state index is -0.153. The van der Waals surface area contributed by atoms with Crippen LogP contribution in [0.4, 0.5) is 0 Å². The number of halogens is 1. The van der Waals surface area contributed by atoms with Crippen LogP contribution in [0.1, 0.15) is 18.5 Å². The van der Waals surface area contributed by atoms with Gasteiger partial charge in [-0.15, -0.1) is 0 Å². The maximum atomic E-state index is 9.04. The second-order valence-electron chi connectivity index (χ2n) is 3.71. The Morgan fingerprint density at radius 3 is 2.47 bits per heavy atom. The van der Waals surface area contributed by atoms with E-state index in [1.54, 1.807) is 0 Å². The van der Waals surface area contributed by atoms with Crippen molar-refractivity contribution in [2.75, 3.05) is 19.7 Å². The first-order chi connectivity index (χ1) is 8.10. The molecular formula is C12H17ClN2OS. The summed E-state index contributed by atoms with van der Waals surface area (Å²) in [7, 11) is 0. The zero-order valence-electron chi connectivity index (χ0n) is 9.77. The average Bonchev–Trinajstić information content (AvgIpc) is 2.30. The molecule has 0 aliphatic heterocycles. The molecule has 1 aromatic rings. The molecule has 0 saturated heterocycles. The Balaban J connectivity index is 2.99. The van der Waals surface area contributed by atoms with E-state index in [0.717, 1.165) is 12.1 Å². The zero-order chi connectivity index (χ0) is 12.8. The average molecular weight is 273 g/mol. The number of hydrogen-bond donors (Lipinski definition) is 2. The molecule has 0 heterocycles. The number of aliphatic hydroxyl groups is 1. The molecule has 0 spiro atoms. The summed E-state index contributed by atoms with van der Waals surface area (Å²) in [6.07, 6.45) is 0. The zero-order valence-corrected chi connectivity index (χ0v) is 11.3. The van der Waals surface area contributed by atoms with Crippen LogP contribution in [0.3, 0.4) is 0 Å². The summed E-state index contributed by atoms with van der Waals surface area (Å²) in [5.74, 6) is 0. The van der Waals surface area contributed by atoms with Gasteiger partial charge in [0.15, 0.2) is 0 Å². The standard InChI is InChI=1S/C12H17ClN2OS/c1-2-15(7-8-16)11(12(14)17)9-3-5-10(13)6-4-9/h3-6,11,16H,2,7-8H2,1H3,(H2,14,17). The normalized spacial score (nSPS) is 12.7. The smallest absolute Gasteiger partial charge is 0.0948 e. The first-order valence-corrected chi connectivity index (χ1v) is 6.28. The molecule has 3 nitrogen and oxygen atoms in total. The summed E-state index contributed by atoms with van der Waals surface area (Å²) in [6, 6.07) is 7.29. The van der Waals surface area contributed by atoms with Gasteiger partial charge in [-0.2, -0.15) is 0 Å². The van der Waals surface area contributed by atoms with E-state index < -0.39 is 0 Å². The highest BCUT2D eigenvalue weighted by Gasteiger charge is 2.21. The number of benzene rings is 1. The first-order valence-electron chi connectivity index (χ1n) is 5.49. The molecule has 3 N–H and O–H groups in total. The molecular weight excluding hydrogens is 256 g/mol. The highest BCUT2D eigenvalue weighted by molar-refractivity contribution is 7.80. The van der Waals surface area contributed by atoms with Crippen molar-refractivity contribution in [3.63, 3.8) is 0 Å². The predicted molar refractivity (Wildman–Crippen MR) is 75.3 cm³/mol. The van der Waals surface area contributed by atoms with Crippen molar-refractivity contribution in [1.29, 1.82) is 0 Å². The van der Waals surface area contributed by atoms with Crippen LogP contribution in [0.2, 0.25) is 5.02 Å². The third-order valence-electron chi connectivity index (χ3n) is 2.61. The van der Waals surface area contributed by atoms with Crippen molar-refractivity contribution < 1.29 is 5.11 Å². The Hall–Kier alpha value is -0.680. The van der Waals surface area contributed by atoms with E-state index in [4.69, 9.17) is 34.7 Å². The molecule has 0 amide bonds. The van der Waals surface area contributed by atoms with E-state index in [9.17, 15) is 0 Å². The molecule has 0 aliphatic rings. The number of nitrogens with two attached hydrogens (primary N) is 1. The molecule has 0 saturated carbocycles. The SMILES string of the molecule is CCN(CCO)C(C(N)=S)c1ccc(Cl)cc1.